The van der Waals surface area contributed by atoms with Gasteiger partial charge in [-0.2, -0.15) is 18.2 Å². The highest BCUT2D eigenvalue weighted by atomic mass is 19.4. The lowest BCUT2D eigenvalue weighted by molar-refractivity contribution is -0.153. The summed E-state index contributed by atoms with van der Waals surface area (Å²) in [5.41, 5.74) is 0.574. The van der Waals surface area contributed by atoms with Crippen LogP contribution in [-0.4, -0.2) is 36.4 Å². The Morgan fingerprint density at radius 1 is 1.04 bits per heavy atom. The molecule has 27 heavy (non-hydrogen) atoms. The van der Waals surface area contributed by atoms with Crippen LogP contribution in [0.4, 0.5) is 13.2 Å². The molecule has 0 bridgehead atoms. The fraction of sp³-hybridized carbons (Fsp3) is 0.222. The molecule has 2 aromatic heterocycles. The van der Waals surface area contributed by atoms with E-state index in [0.29, 0.717) is 17.0 Å². The lowest BCUT2D eigenvalue weighted by Gasteiger charge is -2.12. The number of hydrogen-bond donors (Lipinski definition) is 0. The first-order valence-corrected chi connectivity index (χ1v) is 7.77. The van der Waals surface area contributed by atoms with E-state index in [0.717, 1.165) is 0 Å². The van der Waals surface area contributed by atoms with Gasteiger partial charge in [0.05, 0.1) is 14.2 Å². The maximum atomic E-state index is 12.9. The fourth-order valence-electron chi connectivity index (χ4n) is 2.50. The number of benzene rings is 1. The molecule has 0 aliphatic heterocycles. The van der Waals surface area contributed by atoms with Crippen LogP contribution in [0.5, 0.6) is 17.4 Å². The van der Waals surface area contributed by atoms with Gasteiger partial charge in [0.1, 0.15) is 22.7 Å². The molecular weight excluding hydrogens is 365 g/mol. The lowest BCUT2D eigenvalue weighted by atomic mass is 10.1. The molecule has 0 spiro atoms. The maximum Gasteiger partial charge on any atom is 0.422 e. The molecule has 0 N–H and O–H groups in total. The molecule has 1 aromatic carbocycles. The van der Waals surface area contributed by atoms with Crippen molar-refractivity contribution in [2.24, 2.45) is 0 Å². The molecule has 0 amide bonds. The summed E-state index contributed by atoms with van der Waals surface area (Å²) in [4.78, 5) is 17.2. The van der Waals surface area contributed by atoms with Crippen molar-refractivity contribution in [3.8, 4) is 28.5 Å². The van der Waals surface area contributed by atoms with Crippen molar-refractivity contribution in [3.63, 3.8) is 0 Å². The van der Waals surface area contributed by atoms with Gasteiger partial charge in [-0.1, -0.05) is 12.1 Å². The van der Waals surface area contributed by atoms with Crippen LogP contribution in [0.25, 0.3) is 16.8 Å². The van der Waals surface area contributed by atoms with Gasteiger partial charge in [0.15, 0.2) is 6.61 Å². The van der Waals surface area contributed by atoms with E-state index >= 15 is 0 Å². The molecule has 0 atom stereocenters. The Morgan fingerprint density at radius 2 is 1.74 bits per heavy atom. The highest BCUT2D eigenvalue weighted by Crippen LogP contribution is 2.28. The van der Waals surface area contributed by atoms with Gasteiger partial charge in [0.25, 0.3) is 5.56 Å². The summed E-state index contributed by atoms with van der Waals surface area (Å²) in [6.45, 7) is -1.39. The third kappa shape index (κ3) is 3.97. The Hall–Kier alpha value is -3.23. The van der Waals surface area contributed by atoms with Crippen LogP contribution in [0.2, 0.25) is 0 Å². The van der Waals surface area contributed by atoms with Crippen molar-refractivity contribution in [1.29, 1.82) is 0 Å². The first kappa shape index (κ1) is 18.6. The molecule has 142 valence electrons. The second-order valence-electron chi connectivity index (χ2n) is 5.52. The van der Waals surface area contributed by atoms with E-state index in [1.807, 2.05) is 0 Å². The van der Waals surface area contributed by atoms with E-state index in [4.69, 9.17) is 9.47 Å². The number of halogens is 3. The van der Waals surface area contributed by atoms with Gasteiger partial charge in [-0.25, -0.2) is 0 Å². The molecule has 0 aliphatic carbocycles. The van der Waals surface area contributed by atoms with Crippen LogP contribution in [-0.2, 0) is 0 Å². The monoisotopic (exact) mass is 380 g/mol. The van der Waals surface area contributed by atoms with Gasteiger partial charge in [0.2, 0.25) is 5.88 Å². The Kier molecular flexibility index (Phi) is 4.93. The summed E-state index contributed by atoms with van der Waals surface area (Å²) in [7, 11) is 2.88. The number of hydrogen-bond acceptors (Lipinski definition) is 5. The van der Waals surface area contributed by atoms with Crippen molar-refractivity contribution >= 4 is 5.65 Å². The molecule has 6 nitrogen and oxygen atoms in total. The maximum absolute atomic E-state index is 12.9. The summed E-state index contributed by atoms with van der Waals surface area (Å²) in [6.07, 6.45) is -2.91. The molecule has 2 heterocycles. The average Bonchev–Trinajstić information content (AvgIpc) is 2.65. The summed E-state index contributed by atoms with van der Waals surface area (Å²) in [6, 6.07) is 8.85. The van der Waals surface area contributed by atoms with Gasteiger partial charge in [-0.15, -0.1) is 0 Å². The molecule has 9 heteroatoms. The highest BCUT2D eigenvalue weighted by Gasteiger charge is 2.28. The third-order valence-corrected chi connectivity index (χ3v) is 3.74. The largest absolute Gasteiger partial charge is 0.497 e. The van der Waals surface area contributed by atoms with E-state index in [-0.39, 0.29) is 22.8 Å². The van der Waals surface area contributed by atoms with E-state index in [1.54, 1.807) is 12.1 Å². The van der Waals surface area contributed by atoms with Crippen molar-refractivity contribution in [2.75, 3.05) is 20.8 Å². The summed E-state index contributed by atoms with van der Waals surface area (Å²) in [5.74, 6) is 0.661. The van der Waals surface area contributed by atoms with E-state index < -0.39 is 12.8 Å². The van der Waals surface area contributed by atoms with Gasteiger partial charge in [0, 0.05) is 12.3 Å². The number of fused-ring (bicyclic) bond motifs is 1. The molecule has 0 aliphatic rings. The summed E-state index contributed by atoms with van der Waals surface area (Å²) >= 11 is 0. The van der Waals surface area contributed by atoms with E-state index in [1.165, 1.54) is 49.1 Å². The van der Waals surface area contributed by atoms with Crippen LogP contribution in [0.3, 0.4) is 0 Å². The second-order valence-corrected chi connectivity index (χ2v) is 5.52. The molecule has 0 saturated carbocycles. The Morgan fingerprint density at radius 3 is 2.33 bits per heavy atom. The van der Waals surface area contributed by atoms with Crippen LogP contribution in [0.1, 0.15) is 0 Å². The predicted octanol–water partition coefficient (Wildman–Crippen LogP) is 3.32. The second kappa shape index (κ2) is 7.18. The SMILES string of the molecule is COc1ccn2c(=O)c(-c3ccc(OCC(F)(F)F)cc3)c(OC)nc2c1. The van der Waals surface area contributed by atoms with Crippen LogP contribution in [0.15, 0.2) is 47.4 Å². The van der Waals surface area contributed by atoms with Crippen molar-refractivity contribution in [2.45, 2.75) is 6.18 Å². The number of methoxy groups -OCH3 is 2. The molecule has 0 saturated heterocycles. The van der Waals surface area contributed by atoms with Crippen molar-refractivity contribution in [1.82, 2.24) is 9.38 Å². The quantitative estimate of drug-likeness (QED) is 0.680. The molecule has 3 rings (SSSR count). The molecule has 0 radical (unpaired) electrons. The Balaban J connectivity index is 2.03. The minimum Gasteiger partial charge on any atom is -0.497 e. The fourth-order valence-corrected chi connectivity index (χ4v) is 2.50. The summed E-state index contributed by atoms with van der Waals surface area (Å²) in [5, 5.41) is 0. The number of nitrogens with zero attached hydrogens (tertiary/aromatic N) is 2. The molecule has 0 unspecified atom stereocenters. The van der Waals surface area contributed by atoms with Crippen molar-refractivity contribution < 1.29 is 27.4 Å². The Labute approximate surface area is 151 Å². The van der Waals surface area contributed by atoms with Crippen molar-refractivity contribution in [3.05, 3.63) is 52.9 Å². The minimum absolute atomic E-state index is 0.0358. The number of pyridine rings is 1. The van der Waals surface area contributed by atoms with Gasteiger partial charge >= 0.3 is 6.18 Å². The average molecular weight is 380 g/mol. The normalized spacial score (nSPS) is 11.4. The first-order chi connectivity index (χ1) is 12.8. The van der Waals surface area contributed by atoms with Gasteiger partial charge in [-0.05, 0) is 23.8 Å². The van der Waals surface area contributed by atoms with E-state index in [9.17, 15) is 18.0 Å². The number of aromatic nitrogens is 2. The zero-order valence-electron chi connectivity index (χ0n) is 14.4. The smallest absolute Gasteiger partial charge is 0.422 e. The minimum atomic E-state index is -4.43. The number of ether oxygens (including phenoxy) is 3. The molecule has 3 aromatic rings. The number of rotatable bonds is 5. The topological polar surface area (TPSA) is 62.1 Å². The van der Waals surface area contributed by atoms with Gasteiger partial charge < -0.3 is 14.2 Å². The first-order valence-electron chi connectivity index (χ1n) is 7.77. The Bertz CT molecular complexity index is 1010. The summed E-state index contributed by atoms with van der Waals surface area (Å²) < 4.78 is 53.1. The zero-order valence-corrected chi connectivity index (χ0v) is 14.4. The zero-order chi connectivity index (χ0) is 19.6. The van der Waals surface area contributed by atoms with Crippen LogP contribution in [0, 0.1) is 0 Å². The van der Waals surface area contributed by atoms with Crippen LogP contribution < -0.4 is 19.8 Å². The highest BCUT2D eigenvalue weighted by molar-refractivity contribution is 5.70. The predicted molar refractivity (Wildman–Crippen MR) is 91.6 cm³/mol. The standard InChI is InChI=1S/C18H15F3N2O4/c1-25-13-7-8-23-14(9-13)22-16(26-2)15(17(23)24)11-3-5-12(6-4-11)27-10-18(19,20)21/h3-9H,10H2,1-2H3. The molecule has 0 fully saturated rings. The van der Waals surface area contributed by atoms with E-state index in [2.05, 4.69) is 9.72 Å². The third-order valence-electron chi connectivity index (χ3n) is 3.74. The lowest BCUT2D eigenvalue weighted by Crippen LogP contribution is -2.19. The number of alkyl halides is 3. The van der Waals surface area contributed by atoms with Gasteiger partial charge in [-0.3, -0.25) is 9.20 Å². The molecular formula is C18H15F3N2O4. The van der Waals surface area contributed by atoms with Crippen LogP contribution >= 0.6 is 0 Å².